The van der Waals surface area contributed by atoms with E-state index in [0.717, 1.165) is 11.3 Å². The van der Waals surface area contributed by atoms with Crippen LogP contribution < -0.4 is 5.56 Å². The van der Waals surface area contributed by atoms with Crippen LogP contribution >= 0.6 is 11.8 Å². The Kier molecular flexibility index (Phi) is 5.41. The van der Waals surface area contributed by atoms with Crippen LogP contribution in [0, 0.1) is 6.92 Å². The van der Waals surface area contributed by atoms with Crippen molar-refractivity contribution < 1.29 is 4.79 Å². The molecule has 0 aliphatic heterocycles. The molecule has 8 heteroatoms. The van der Waals surface area contributed by atoms with Crippen LogP contribution in [0.3, 0.4) is 0 Å². The Morgan fingerprint density at radius 2 is 2.00 bits per heavy atom. The van der Waals surface area contributed by atoms with Crippen molar-refractivity contribution in [2.75, 3.05) is 18.8 Å². The first-order valence-corrected chi connectivity index (χ1v) is 9.48. The van der Waals surface area contributed by atoms with Gasteiger partial charge >= 0.3 is 0 Å². The van der Waals surface area contributed by atoms with Crippen LogP contribution in [0.4, 0.5) is 0 Å². The average molecular weight is 371 g/mol. The minimum atomic E-state index is -0.257. The molecule has 1 N–H and O–H groups in total. The quantitative estimate of drug-likeness (QED) is 0.531. The molecule has 0 bridgehead atoms. The summed E-state index contributed by atoms with van der Waals surface area (Å²) in [4.78, 5) is 33.6. The van der Waals surface area contributed by atoms with Crippen molar-refractivity contribution in [2.24, 2.45) is 0 Å². The molecule has 0 radical (unpaired) electrons. The highest BCUT2D eigenvalue weighted by molar-refractivity contribution is 7.99. The van der Waals surface area contributed by atoms with E-state index in [9.17, 15) is 9.59 Å². The Bertz CT molecular complexity index is 991. The van der Waals surface area contributed by atoms with E-state index >= 15 is 0 Å². The van der Waals surface area contributed by atoms with Crippen molar-refractivity contribution >= 4 is 28.7 Å². The number of aromatic nitrogens is 4. The van der Waals surface area contributed by atoms with E-state index in [2.05, 4.69) is 15.1 Å². The minimum Gasteiger partial charge on any atom is -0.343 e. The Labute approximate surface area is 155 Å². The third-order valence-electron chi connectivity index (χ3n) is 4.21. The maximum Gasteiger partial charge on any atom is 0.262 e. The predicted molar refractivity (Wildman–Crippen MR) is 103 cm³/mol. The van der Waals surface area contributed by atoms with Crippen LogP contribution in [0.25, 0.3) is 16.7 Å². The minimum absolute atomic E-state index is 0.0233. The number of fused-ring (bicyclic) bond motifs is 1. The first kappa shape index (κ1) is 18.2. The van der Waals surface area contributed by atoms with Gasteiger partial charge in [-0.15, -0.1) is 0 Å². The lowest BCUT2D eigenvalue weighted by Gasteiger charge is -2.17. The average Bonchev–Trinajstić information content (AvgIpc) is 3.06. The number of para-hydroxylation sites is 1. The fourth-order valence-corrected chi connectivity index (χ4v) is 3.50. The third-order valence-corrected chi connectivity index (χ3v) is 5.07. The highest BCUT2D eigenvalue weighted by Crippen LogP contribution is 2.20. The molecular weight excluding hydrogens is 350 g/mol. The number of aromatic amines is 1. The smallest absolute Gasteiger partial charge is 0.262 e. The number of hydrogen-bond donors (Lipinski definition) is 1. The lowest BCUT2D eigenvalue weighted by atomic mass is 10.2. The van der Waals surface area contributed by atoms with E-state index in [1.165, 1.54) is 18.0 Å². The van der Waals surface area contributed by atoms with E-state index in [1.807, 2.05) is 45.0 Å². The van der Waals surface area contributed by atoms with Crippen molar-refractivity contribution in [1.82, 2.24) is 24.6 Å². The summed E-state index contributed by atoms with van der Waals surface area (Å²) < 4.78 is 1.66. The topological polar surface area (TPSA) is 83.9 Å². The number of aryl methyl sites for hydroxylation is 1. The van der Waals surface area contributed by atoms with Gasteiger partial charge in [0.2, 0.25) is 5.91 Å². The molecule has 0 spiro atoms. The third kappa shape index (κ3) is 3.50. The molecule has 0 unspecified atom stereocenters. The van der Waals surface area contributed by atoms with E-state index in [4.69, 9.17) is 0 Å². The largest absolute Gasteiger partial charge is 0.343 e. The first-order chi connectivity index (χ1) is 12.5. The van der Waals surface area contributed by atoms with E-state index < -0.39 is 0 Å². The molecule has 0 saturated heterocycles. The van der Waals surface area contributed by atoms with Crippen LogP contribution in [0.15, 0.2) is 40.4 Å². The molecule has 0 atom stereocenters. The van der Waals surface area contributed by atoms with Crippen molar-refractivity contribution in [3.63, 3.8) is 0 Å². The number of thioether (sulfide) groups is 1. The van der Waals surface area contributed by atoms with Gasteiger partial charge in [0.1, 0.15) is 5.39 Å². The SMILES string of the molecule is CCN(CC)C(=O)CSc1nc2c(cnn2-c2ccccc2C)c(=O)[nH]1. The molecule has 7 nitrogen and oxygen atoms in total. The van der Waals surface area contributed by atoms with Crippen LogP contribution in [-0.4, -0.2) is 49.4 Å². The molecule has 0 saturated carbocycles. The maximum absolute atomic E-state index is 12.4. The number of rotatable bonds is 6. The molecule has 3 rings (SSSR count). The van der Waals surface area contributed by atoms with E-state index in [-0.39, 0.29) is 17.2 Å². The molecule has 0 aliphatic rings. The fourth-order valence-electron chi connectivity index (χ4n) is 2.74. The summed E-state index contributed by atoms with van der Waals surface area (Å²) in [6.07, 6.45) is 1.52. The molecule has 1 aromatic carbocycles. The molecular formula is C18H21N5O2S. The molecule has 3 aromatic rings. The summed E-state index contributed by atoms with van der Waals surface area (Å²) in [5.41, 5.74) is 2.13. The van der Waals surface area contributed by atoms with Crippen molar-refractivity contribution in [2.45, 2.75) is 25.9 Å². The Hall–Kier alpha value is -2.61. The second kappa shape index (κ2) is 7.74. The van der Waals surface area contributed by atoms with Gasteiger partial charge in [-0.2, -0.15) is 5.10 Å². The summed E-state index contributed by atoms with van der Waals surface area (Å²) >= 11 is 1.23. The normalized spacial score (nSPS) is 11.0. The molecule has 2 aromatic heterocycles. The highest BCUT2D eigenvalue weighted by atomic mass is 32.2. The zero-order valence-corrected chi connectivity index (χ0v) is 15.8. The van der Waals surface area contributed by atoms with Gasteiger partial charge in [0, 0.05) is 13.1 Å². The van der Waals surface area contributed by atoms with Gasteiger partial charge in [0.15, 0.2) is 10.8 Å². The standard InChI is InChI=1S/C18H21N5O2S/c1-4-22(5-2)15(24)11-26-18-20-16-13(17(25)21-18)10-19-23(16)14-9-7-6-8-12(14)3/h6-10H,4-5,11H2,1-3H3,(H,20,21,25). The molecule has 2 heterocycles. The van der Waals surface area contributed by atoms with Crippen LogP contribution in [0.1, 0.15) is 19.4 Å². The number of benzene rings is 1. The highest BCUT2D eigenvalue weighted by Gasteiger charge is 2.15. The summed E-state index contributed by atoms with van der Waals surface area (Å²) in [5.74, 6) is 0.254. The molecule has 0 fully saturated rings. The van der Waals surface area contributed by atoms with E-state index in [0.29, 0.717) is 29.3 Å². The fraction of sp³-hybridized carbons (Fsp3) is 0.333. The van der Waals surface area contributed by atoms with Gasteiger partial charge in [-0.25, -0.2) is 9.67 Å². The van der Waals surface area contributed by atoms with Gasteiger partial charge in [-0.1, -0.05) is 30.0 Å². The van der Waals surface area contributed by atoms with Crippen molar-refractivity contribution in [1.29, 1.82) is 0 Å². The van der Waals surface area contributed by atoms with Gasteiger partial charge in [-0.3, -0.25) is 9.59 Å². The Morgan fingerprint density at radius 1 is 1.27 bits per heavy atom. The first-order valence-electron chi connectivity index (χ1n) is 8.49. The van der Waals surface area contributed by atoms with Crippen LogP contribution in [0.2, 0.25) is 0 Å². The van der Waals surface area contributed by atoms with Gasteiger partial charge in [0.05, 0.1) is 17.6 Å². The number of amides is 1. The number of carbonyl (C=O) groups is 1. The second-order valence-corrected chi connectivity index (χ2v) is 6.77. The predicted octanol–water partition coefficient (Wildman–Crippen LogP) is 2.38. The summed E-state index contributed by atoms with van der Waals surface area (Å²) in [5, 5.41) is 5.17. The van der Waals surface area contributed by atoms with Crippen LogP contribution in [-0.2, 0) is 4.79 Å². The Morgan fingerprint density at radius 3 is 2.69 bits per heavy atom. The molecule has 26 heavy (non-hydrogen) atoms. The number of H-pyrrole nitrogens is 1. The number of carbonyl (C=O) groups excluding carboxylic acids is 1. The maximum atomic E-state index is 12.4. The zero-order valence-electron chi connectivity index (χ0n) is 15.0. The summed E-state index contributed by atoms with van der Waals surface area (Å²) in [6.45, 7) is 7.20. The second-order valence-electron chi connectivity index (χ2n) is 5.81. The number of nitrogens with zero attached hydrogens (tertiary/aromatic N) is 4. The molecule has 136 valence electrons. The van der Waals surface area contributed by atoms with Gasteiger partial charge in [-0.05, 0) is 32.4 Å². The van der Waals surface area contributed by atoms with Gasteiger partial charge in [0.25, 0.3) is 5.56 Å². The summed E-state index contributed by atoms with van der Waals surface area (Å²) in [6, 6.07) is 7.78. The Balaban J connectivity index is 1.94. The zero-order chi connectivity index (χ0) is 18.7. The lowest BCUT2D eigenvalue weighted by molar-refractivity contribution is -0.127. The van der Waals surface area contributed by atoms with Crippen molar-refractivity contribution in [3.8, 4) is 5.69 Å². The monoisotopic (exact) mass is 371 g/mol. The lowest BCUT2D eigenvalue weighted by Crippen LogP contribution is -2.32. The number of hydrogen-bond acceptors (Lipinski definition) is 5. The van der Waals surface area contributed by atoms with E-state index in [1.54, 1.807) is 9.58 Å². The molecule has 1 amide bonds. The summed E-state index contributed by atoms with van der Waals surface area (Å²) in [7, 11) is 0. The molecule has 0 aliphatic carbocycles. The van der Waals surface area contributed by atoms with Crippen molar-refractivity contribution in [3.05, 3.63) is 46.4 Å². The number of nitrogens with one attached hydrogen (secondary N) is 1. The van der Waals surface area contributed by atoms with Crippen LogP contribution in [0.5, 0.6) is 0 Å². The van der Waals surface area contributed by atoms with Gasteiger partial charge < -0.3 is 9.88 Å².